The fourth-order valence-corrected chi connectivity index (χ4v) is 3.36. The van der Waals surface area contributed by atoms with Crippen molar-refractivity contribution in [1.82, 2.24) is 0 Å². The quantitative estimate of drug-likeness (QED) is 0.767. The SMILES string of the molecule is C[C@H]1CCCCN1c1ccc(NC(=O)c2ccc(Cl)c(Cl)c2)cc1. The van der Waals surface area contributed by atoms with E-state index in [1.165, 1.54) is 24.9 Å². The van der Waals surface area contributed by atoms with E-state index >= 15 is 0 Å². The van der Waals surface area contributed by atoms with Crippen molar-refractivity contribution in [2.75, 3.05) is 16.8 Å². The average molecular weight is 363 g/mol. The van der Waals surface area contributed by atoms with Crippen LogP contribution in [0.2, 0.25) is 10.0 Å². The zero-order valence-electron chi connectivity index (χ0n) is 13.6. The van der Waals surface area contributed by atoms with Crippen molar-refractivity contribution in [3.63, 3.8) is 0 Å². The van der Waals surface area contributed by atoms with Crippen molar-refractivity contribution in [1.29, 1.82) is 0 Å². The van der Waals surface area contributed by atoms with Crippen LogP contribution in [0.15, 0.2) is 42.5 Å². The normalized spacial score (nSPS) is 17.6. The van der Waals surface area contributed by atoms with Gasteiger partial charge in [-0.25, -0.2) is 0 Å². The van der Waals surface area contributed by atoms with E-state index in [2.05, 4.69) is 29.3 Å². The molecule has 0 aliphatic carbocycles. The Hall–Kier alpha value is -1.71. The summed E-state index contributed by atoms with van der Waals surface area (Å²) in [7, 11) is 0. The number of hydrogen-bond donors (Lipinski definition) is 1. The molecule has 1 N–H and O–H groups in total. The second-order valence-corrected chi connectivity index (χ2v) is 6.98. The van der Waals surface area contributed by atoms with Crippen LogP contribution in [0.3, 0.4) is 0 Å². The summed E-state index contributed by atoms with van der Waals surface area (Å²) in [6, 6.07) is 13.4. The monoisotopic (exact) mass is 362 g/mol. The van der Waals surface area contributed by atoms with E-state index < -0.39 is 0 Å². The molecule has 2 aromatic carbocycles. The van der Waals surface area contributed by atoms with Crippen LogP contribution in [0, 0.1) is 0 Å². The Bertz CT molecular complexity index is 731. The fraction of sp³-hybridized carbons (Fsp3) is 0.316. The Morgan fingerprint density at radius 1 is 1.08 bits per heavy atom. The van der Waals surface area contributed by atoms with E-state index in [1.807, 2.05) is 12.1 Å². The lowest BCUT2D eigenvalue weighted by Gasteiger charge is -2.35. The summed E-state index contributed by atoms with van der Waals surface area (Å²) in [6.45, 7) is 3.36. The van der Waals surface area contributed by atoms with Gasteiger partial charge in [0, 0.05) is 29.5 Å². The summed E-state index contributed by atoms with van der Waals surface area (Å²) in [5, 5.41) is 3.70. The molecule has 3 rings (SSSR count). The van der Waals surface area contributed by atoms with Crippen LogP contribution in [0.25, 0.3) is 0 Å². The predicted molar refractivity (Wildman–Crippen MR) is 102 cm³/mol. The van der Waals surface area contributed by atoms with E-state index in [0.29, 0.717) is 21.7 Å². The Morgan fingerprint density at radius 2 is 1.83 bits per heavy atom. The number of anilines is 2. The highest BCUT2D eigenvalue weighted by Crippen LogP contribution is 2.26. The van der Waals surface area contributed by atoms with Gasteiger partial charge in [-0.15, -0.1) is 0 Å². The third-order valence-electron chi connectivity index (χ3n) is 4.44. The van der Waals surface area contributed by atoms with Gasteiger partial charge in [0.2, 0.25) is 0 Å². The van der Waals surface area contributed by atoms with Crippen LogP contribution >= 0.6 is 23.2 Å². The van der Waals surface area contributed by atoms with Gasteiger partial charge in [-0.3, -0.25) is 4.79 Å². The zero-order valence-corrected chi connectivity index (χ0v) is 15.1. The highest BCUT2D eigenvalue weighted by Gasteiger charge is 2.18. The minimum absolute atomic E-state index is 0.201. The molecule has 1 amide bonds. The number of carbonyl (C=O) groups is 1. The lowest BCUT2D eigenvalue weighted by Crippen LogP contribution is -2.37. The lowest BCUT2D eigenvalue weighted by molar-refractivity contribution is 0.102. The first-order valence-corrected chi connectivity index (χ1v) is 8.93. The molecule has 126 valence electrons. The van der Waals surface area contributed by atoms with E-state index in [0.717, 1.165) is 12.2 Å². The summed E-state index contributed by atoms with van der Waals surface area (Å²) < 4.78 is 0. The van der Waals surface area contributed by atoms with Crippen LogP contribution in [-0.2, 0) is 0 Å². The summed E-state index contributed by atoms with van der Waals surface area (Å²) in [4.78, 5) is 14.7. The highest BCUT2D eigenvalue weighted by atomic mass is 35.5. The largest absolute Gasteiger partial charge is 0.369 e. The summed E-state index contributed by atoms with van der Waals surface area (Å²) in [5.74, 6) is -0.201. The van der Waals surface area contributed by atoms with Crippen molar-refractivity contribution >= 4 is 40.5 Å². The number of carbonyl (C=O) groups excluding carboxylic acids is 1. The minimum Gasteiger partial charge on any atom is -0.369 e. The van der Waals surface area contributed by atoms with E-state index in [9.17, 15) is 4.79 Å². The van der Waals surface area contributed by atoms with Crippen molar-refractivity contribution in [2.24, 2.45) is 0 Å². The second kappa shape index (κ2) is 7.45. The molecular formula is C19H20Cl2N2O. The van der Waals surface area contributed by atoms with Gasteiger partial charge in [0.1, 0.15) is 0 Å². The highest BCUT2D eigenvalue weighted by molar-refractivity contribution is 6.42. The second-order valence-electron chi connectivity index (χ2n) is 6.17. The Balaban J connectivity index is 1.69. The van der Waals surface area contributed by atoms with Crippen molar-refractivity contribution in [3.8, 4) is 0 Å². The number of hydrogen-bond acceptors (Lipinski definition) is 2. The molecule has 2 aromatic rings. The van der Waals surface area contributed by atoms with Crippen molar-refractivity contribution in [3.05, 3.63) is 58.1 Å². The molecule has 1 aliphatic heterocycles. The molecule has 0 bridgehead atoms. The van der Waals surface area contributed by atoms with Gasteiger partial charge >= 0.3 is 0 Å². The molecule has 0 spiro atoms. The molecule has 0 radical (unpaired) electrons. The average Bonchev–Trinajstić information content (AvgIpc) is 2.58. The van der Waals surface area contributed by atoms with Gasteiger partial charge in [0.05, 0.1) is 10.0 Å². The van der Waals surface area contributed by atoms with Crippen LogP contribution < -0.4 is 10.2 Å². The van der Waals surface area contributed by atoms with Gasteiger partial charge in [-0.05, 0) is 68.7 Å². The van der Waals surface area contributed by atoms with Crippen LogP contribution in [0.1, 0.15) is 36.5 Å². The third-order valence-corrected chi connectivity index (χ3v) is 5.18. The Kier molecular flexibility index (Phi) is 5.32. The standard InChI is InChI=1S/C19H20Cl2N2O/c1-13-4-2-3-11-23(13)16-8-6-15(7-9-16)22-19(24)14-5-10-17(20)18(21)12-14/h5-10,12-13H,2-4,11H2,1H3,(H,22,24)/t13-/m0/s1. The molecular weight excluding hydrogens is 343 g/mol. The van der Waals surface area contributed by atoms with Crippen LogP contribution in [0.5, 0.6) is 0 Å². The first-order chi connectivity index (χ1) is 11.5. The van der Waals surface area contributed by atoms with Crippen LogP contribution in [0.4, 0.5) is 11.4 Å². The topological polar surface area (TPSA) is 32.3 Å². The summed E-state index contributed by atoms with van der Waals surface area (Å²) in [6.07, 6.45) is 3.77. The maximum atomic E-state index is 12.3. The number of rotatable bonds is 3. The van der Waals surface area contributed by atoms with E-state index in [-0.39, 0.29) is 5.91 Å². The zero-order chi connectivity index (χ0) is 17.1. The molecule has 3 nitrogen and oxygen atoms in total. The van der Waals surface area contributed by atoms with E-state index in [4.69, 9.17) is 23.2 Å². The molecule has 1 saturated heterocycles. The molecule has 0 aromatic heterocycles. The third kappa shape index (κ3) is 3.85. The first kappa shape index (κ1) is 17.1. The molecule has 1 heterocycles. The maximum absolute atomic E-state index is 12.3. The Labute approximate surface area is 152 Å². The number of benzene rings is 2. The number of amides is 1. The molecule has 1 atom stereocenters. The summed E-state index contributed by atoms with van der Waals surface area (Å²) >= 11 is 11.8. The number of nitrogens with one attached hydrogen (secondary N) is 1. The van der Waals surface area contributed by atoms with Gasteiger partial charge in [0.25, 0.3) is 5.91 Å². The number of halogens is 2. The van der Waals surface area contributed by atoms with Crippen molar-refractivity contribution < 1.29 is 4.79 Å². The molecule has 0 unspecified atom stereocenters. The minimum atomic E-state index is -0.201. The smallest absolute Gasteiger partial charge is 0.255 e. The molecule has 24 heavy (non-hydrogen) atoms. The van der Waals surface area contributed by atoms with Crippen LogP contribution in [-0.4, -0.2) is 18.5 Å². The molecule has 1 fully saturated rings. The molecule has 1 aliphatic rings. The first-order valence-electron chi connectivity index (χ1n) is 8.18. The van der Waals surface area contributed by atoms with Crippen molar-refractivity contribution in [2.45, 2.75) is 32.2 Å². The number of piperidine rings is 1. The van der Waals surface area contributed by atoms with Gasteiger partial charge in [-0.2, -0.15) is 0 Å². The van der Waals surface area contributed by atoms with E-state index in [1.54, 1.807) is 18.2 Å². The lowest BCUT2D eigenvalue weighted by atomic mass is 10.0. The molecule has 0 saturated carbocycles. The summed E-state index contributed by atoms with van der Waals surface area (Å²) in [5.41, 5.74) is 2.45. The van der Waals surface area contributed by atoms with Gasteiger partial charge < -0.3 is 10.2 Å². The fourth-order valence-electron chi connectivity index (χ4n) is 3.06. The predicted octanol–water partition coefficient (Wildman–Crippen LogP) is 5.62. The van der Waals surface area contributed by atoms with Gasteiger partial charge in [-0.1, -0.05) is 23.2 Å². The Morgan fingerprint density at radius 3 is 2.50 bits per heavy atom. The molecule has 5 heteroatoms. The maximum Gasteiger partial charge on any atom is 0.255 e. The number of nitrogens with zero attached hydrogens (tertiary/aromatic N) is 1. The van der Waals surface area contributed by atoms with Gasteiger partial charge in [0.15, 0.2) is 0 Å².